The lowest BCUT2D eigenvalue weighted by Gasteiger charge is -2.26. The first-order valence-electron chi connectivity index (χ1n) is 19.8. The van der Waals surface area contributed by atoms with Crippen LogP contribution in [0.1, 0.15) is 22.3 Å². The molecule has 0 saturated heterocycles. The van der Waals surface area contributed by atoms with Crippen molar-refractivity contribution in [3.63, 3.8) is 0 Å². The normalized spacial score (nSPS) is 11.2. The molecule has 0 saturated carbocycles. The van der Waals surface area contributed by atoms with Gasteiger partial charge in [-0.05, 0) is 166 Å². The standard InChI is InChI=1S/C54H46N2O4/c1-57-51-29-21-47(22-30-51)55(48-23-31-52(58-2)32-24-48)45-17-11-39(12-18-45)5-7-41-9-15-44-38-42(10-16-43(44)37-41)8-6-40-13-19-46(20-14-40)56(49-25-33-53(59-3)34-26-49)50-27-35-54(60-4)36-28-50/h5-38H,1-4H3. The maximum atomic E-state index is 5.41. The number of methoxy groups -OCH3 is 4. The molecule has 0 unspecified atom stereocenters. The van der Waals surface area contributed by atoms with Crippen molar-refractivity contribution in [2.24, 2.45) is 0 Å². The third-order valence-electron chi connectivity index (χ3n) is 10.4. The van der Waals surface area contributed by atoms with Gasteiger partial charge in [-0.15, -0.1) is 0 Å². The van der Waals surface area contributed by atoms with Gasteiger partial charge in [-0.25, -0.2) is 0 Å². The van der Waals surface area contributed by atoms with Crippen molar-refractivity contribution in [2.45, 2.75) is 0 Å². The van der Waals surface area contributed by atoms with Crippen molar-refractivity contribution >= 4 is 69.2 Å². The number of fused-ring (bicyclic) bond motifs is 1. The Morgan fingerprint density at radius 1 is 0.267 bits per heavy atom. The van der Waals surface area contributed by atoms with Crippen LogP contribution in [0.15, 0.2) is 182 Å². The van der Waals surface area contributed by atoms with Crippen molar-refractivity contribution in [3.05, 3.63) is 204 Å². The first-order chi connectivity index (χ1) is 29.5. The van der Waals surface area contributed by atoms with Crippen LogP contribution in [-0.4, -0.2) is 28.4 Å². The van der Waals surface area contributed by atoms with Gasteiger partial charge in [0.15, 0.2) is 0 Å². The van der Waals surface area contributed by atoms with E-state index in [4.69, 9.17) is 18.9 Å². The summed E-state index contributed by atoms with van der Waals surface area (Å²) in [5.41, 5.74) is 10.8. The second kappa shape index (κ2) is 18.3. The van der Waals surface area contributed by atoms with E-state index < -0.39 is 0 Å². The van der Waals surface area contributed by atoms with E-state index >= 15 is 0 Å². The Labute approximate surface area is 352 Å². The Hall–Kier alpha value is -7.70. The van der Waals surface area contributed by atoms with Gasteiger partial charge in [0.1, 0.15) is 23.0 Å². The van der Waals surface area contributed by atoms with Crippen LogP contribution < -0.4 is 28.7 Å². The summed E-state index contributed by atoms with van der Waals surface area (Å²) in [6.07, 6.45) is 8.65. The fraction of sp³-hybridized carbons (Fsp3) is 0.0741. The van der Waals surface area contributed by atoms with Crippen LogP contribution >= 0.6 is 0 Å². The minimum absolute atomic E-state index is 0.818. The van der Waals surface area contributed by atoms with Crippen LogP contribution in [0, 0.1) is 0 Å². The summed E-state index contributed by atoms with van der Waals surface area (Å²) >= 11 is 0. The summed E-state index contributed by atoms with van der Waals surface area (Å²) in [5, 5.41) is 2.39. The summed E-state index contributed by atoms with van der Waals surface area (Å²) in [7, 11) is 6.73. The summed E-state index contributed by atoms with van der Waals surface area (Å²) in [6.45, 7) is 0. The molecule has 0 aromatic heterocycles. The molecular formula is C54H46N2O4. The summed E-state index contributed by atoms with van der Waals surface area (Å²) in [4.78, 5) is 4.44. The smallest absolute Gasteiger partial charge is 0.119 e. The minimum atomic E-state index is 0.818. The minimum Gasteiger partial charge on any atom is -0.497 e. The molecule has 0 heterocycles. The number of nitrogens with zero attached hydrogens (tertiary/aromatic N) is 2. The molecule has 6 nitrogen and oxygen atoms in total. The van der Waals surface area contributed by atoms with E-state index in [1.165, 1.54) is 10.8 Å². The quantitative estimate of drug-likeness (QED) is 0.102. The molecule has 0 spiro atoms. The van der Waals surface area contributed by atoms with Gasteiger partial charge in [0.05, 0.1) is 28.4 Å². The topological polar surface area (TPSA) is 43.4 Å². The van der Waals surface area contributed by atoms with Gasteiger partial charge in [0.2, 0.25) is 0 Å². The van der Waals surface area contributed by atoms with Gasteiger partial charge in [-0.3, -0.25) is 0 Å². The van der Waals surface area contributed by atoms with Crippen LogP contribution in [-0.2, 0) is 0 Å². The molecule has 8 rings (SSSR count). The zero-order valence-corrected chi connectivity index (χ0v) is 34.2. The van der Waals surface area contributed by atoms with Gasteiger partial charge < -0.3 is 28.7 Å². The van der Waals surface area contributed by atoms with Gasteiger partial charge in [0.25, 0.3) is 0 Å². The highest BCUT2D eigenvalue weighted by atomic mass is 16.5. The molecule has 8 aromatic rings. The van der Waals surface area contributed by atoms with Crippen LogP contribution in [0.5, 0.6) is 23.0 Å². The summed E-state index contributed by atoms with van der Waals surface area (Å²) in [6, 6.07) is 62.8. The SMILES string of the molecule is COc1ccc(N(c2ccc(C=Cc3ccc4cc(C=Cc5ccc(N(c6ccc(OC)cc6)c6ccc(OC)cc6)cc5)ccc4c3)cc2)c2ccc(OC)cc2)cc1. The Bertz CT molecular complexity index is 2420. The molecule has 6 heteroatoms. The number of hydrogen-bond donors (Lipinski definition) is 0. The molecule has 8 aromatic carbocycles. The molecule has 0 aliphatic carbocycles. The lowest BCUT2D eigenvalue weighted by Crippen LogP contribution is -2.09. The maximum absolute atomic E-state index is 5.41. The average molecular weight is 787 g/mol. The Balaban J connectivity index is 0.955. The van der Waals surface area contributed by atoms with E-state index in [0.29, 0.717) is 0 Å². The number of benzene rings is 8. The highest BCUT2D eigenvalue weighted by Crippen LogP contribution is 2.38. The van der Waals surface area contributed by atoms with Crippen molar-refractivity contribution in [1.29, 1.82) is 0 Å². The molecule has 0 amide bonds. The number of ether oxygens (including phenoxy) is 4. The molecule has 0 N–H and O–H groups in total. The lowest BCUT2D eigenvalue weighted by molar-refractivity contribution is 0.414. The predicted molar refractivity (Wildman–Crippen MR) is 250 cm³/mol. The Kier molecular flexibility index (Phi) is 11.9. The van der Waals surface area contributed by atoms with Crippen LogP contribution in [0.25, 0.3) is 35.1 Å². The van der Waals surface area contributed by atoms with Gasteiger partial charge in [0, 0.05) is 34.1 Å². The van der Waals surface area contributed by atoms with E-state index in [0.717, 1.165) is 79.4 Å². The predicted octanol–water partition coefficient (Wildman–Crippen LogP) is 14.2. The van der Waals surface area contributed by atoms with Gasteiger partial charge in [-0.2, -0.15) is 0 Å². The average Bonchev–Trinajstić information content (AvgIpc) is 3.32. The van der Waals surface area contributed by atoms with Crippen LogP contribution in [0.2, 0.25) is 0 Å². The van der Waals surface area contributed by atoms with E-state index in [9.17, 15) is 0 Å². The van der Waals surface area contributed by atoms with Crippen molar-refractivity contribution in [2.75, 3.05) is 38.2 Å². The highest BCUT2D eigenvalue weighted by Gasteiger charge is 2.14. The molecule has 296 valence electrons. The second-order valence-corrected chi connectivity index (χ2v) is 14.2. The fourth-order valence-electron chi connectivity index (χ4n) is 7.16. The molecular weight excluding hydrogens is 741 g/mol. The lowest BCUT2D eigenvalue weighted by atomic mass is 10.0. The molecule has 0 atom stereocenters. The van der Waals surface area contributed by atoms with Gasteiger partial charge >= 0.3 is 0 Å². The monoisotopic (exact) mass is 786 g/mol. The van der Waals surface area contributed by atoms with Crippen molar-refractivity contribution in [1.82, 2.24) is 0 Å². The molecule has 0 fully saturated rings. The molecule has 0 radical (unpaired) electrons. The van der Waals surface area contributed by atoms with Gasteiger partial charge in [-0.1, -0.05) is 72.8 Å². The Morgan fingerprint density at radius 3 is 0.733 bits per heavy atom. The number of anilines is 6. The first kappa shape index (κ1) is 39.1. The summed E-state index contributed by atoms with van der Waals surface area (Å²) < 4.78 is 21.6. The van der Waals surface area contributed by atoms with E-state index in [1.54, 1.807) is 28.4 Å². The van der Waals surface area contributed by atoms with Crippen LogP contribution in [0.4, 0.5) is 34.1 Å². The highest BCUT2D eigenvalue weighted by molar-refractivity contribution is 5.89. The molecule has 0 aliphatic rings. The molecule has 60 heavy (non-hydrogen) atoms. The van der Waals surface area contributed by atoms with Crippen molar-refractivity contribution < 1.29 is 18.9 Å². The number of hydrogen-bond acceptors (Lipinski definition) is 6. The third-order valence-corrected chi connectivity index (χ3v) is 10.4. The van der Waals surface area contributed by atoms with Crippen LogP contribution in [0.3, 0.4) is 0 Å². The van der Waals surface area contributed by atoms with Crippen molar-refractivity contribution in [3.8, 4) is 23.0 Å². The van der Waals surface area contributed by atoms with E-state index in [-0.39, 0.29) is 0 Å². The van der Waals surface area contributed by atoms with E-state index in [2.05, 4.69) is 168 Å². The zero-order chi connectivity index (χ0) is 41.3. The molecule has 0 aliphatic heterocycles. The third kappa shape index (κ3) is 9.04. The Morgan fingerprint density at radius 2 is 0.483 bits per heavy atom. The maximum Gasteiger partial charge on any atom is 0.119 e. The summed E-state index contributed by atoms with van der Waals surface area (Å²) in [5.74, 6) is 3.27. The van der Waals surface area contributed by atoms with E-state index in [1.807, 2.05) is 48.5 Å². The molecule has 0 bridgehead atoms. The number of rotatable bonds is 14. The zero-order valence-electron chi connectivity index (χ0n) is 34.2. The first-order valence-corrected chi connectivity index (χ1v) is 19.8. The fourth-order valence-corrected chi connectivity index (χ4v) is 7.16. The second-order valence-electron chi connectivity index (χ2n) is 14.2. The largest absolute Gasteiger partial charge is 0.497 e.